The molecule has 0 N–H and O–H groups in total. The zero-order valence-corrected chi connectivity index (χ0v) is 7.07. The maximum absolute atomic E-state index is 10.6. The highest BCUT2D eigenvalue weighted by Gasteiger charge is 2.03. The molecule has 0 aliphatic rings. The average Bonchev–Trinajstić information content (AvgIpc) is 2.06. The van der Waals surface area contributed by atoms with Gasteiger partial charge in [-0.15, -0.1) is 0 Å². The smallest absolute Gasteiger partial charge is 0.403 e. The normalized spacial score (nSPS) is 8.00. The third kappa shape index (κ3) is 3.16. The molecule has 0 aliphatic heterocycles. The second-order valence-electron chi connectivity index (χ2n) is 1.85. The molecule has 4 heteroatoms. The molecule has 0 aromatic carbocycles. The maximum atomic E-state index is 10.6. The molecule has 64 valence electrons. The van der Waals surface area contributed by atoms with Crippen molar-refractivity contribution in [3.05, 3.63) is 43.2 Å². The Kier molecular flexibility index (Phi) is 4.72. The standard InChI is InChI=1S/C8H8NO2.ClH/c1-2-8(10)11-9-6-4-3-5-7-9;/h2-7H,1H2;1H/q+1;/p-1. The minimum atomic E-state index is -0.471. The monoisotopic (exact) mass is 185 g/mol. The topological polar surface area (TPSA) is 30.2 Å². The highest BCUT2D eigenvalue weighted by atomic mass is 35.5. The van der Waals surface area contributed by atoms with Crippen LogP contribution in [0.1, 0.15) is 0 Å². The first-order valence-corrected chi connectivity index (χ1v) is 3.14. The van der Waals surface area contributed by atoms with Gasteiger partial charge in [0.15, 0.2) is 0 Å². The summed E-state index contributed by atoms with van der Waals surface area (Å²) in [4.78, 5) is 15.3. The number of halogens is 1. The molecular weight excluding hydrogens is 178 g/mol. The Labute approximate surface area is 76.6 Å². The lowest BCUT2D eigenvalue weighted by Gasteiger charge is -1.88. The van der Waals surface area contributed by atoms with Crippen LogP contribution in [-0.4, -0.2) is 5.97 Å². The molecule has 0 unspecified atom stereocenters. The summed E-state index contributed by atoms with van der Waals surface area (Å²) in [5.41, 5.74) is 0. The second kappa shape index (κ2) is 5.32. The fraction of sp³-hybridized carbons (Fsp3) is 0. The van der Waals surface area contributed by atoms with E-state index in [0.717, 1.165) is 6.08 Å². The Balaban J connectivity index is 0.00000121. The van der Waals surface area contributed by atoms with Gasteiger partial charge in [-0.25, -0.2) is 4.79 Å². The van der Waals surface area contributed by atoms with E-state index >= 15 is 0 Å². The molecule has 0 amide bonds. The predicted octanol–water partition coefficient (Wildman–Crippen LogP) is -2.88. The summed E-state index contributed by atoms with van der Waals surface area (Å²) in [5.74, 6) is -0.471. The van der Waals surface area contributed by atoms with E-state index in [-0.39, 0.29) is 12.4 Å². The van der Waals surface area contributed by atoms with Crippen molar-refractivity contribution < 1.29 is 26.8 Å². The Morgan fingerprint density at radius 3 is 2.42 bits per heavy atom. The van der Waals surface area contributed by atoms with Gasteiger partial charge in [0, 0.05) is 22.9 Å². The van der Waals surface area contributed by atoms with Crippen LogP contribution in [0.3, 0.4) is 0 Å². The molecule has 0 spiro atoms. The van der Waals surface area contributed by atoms with Crippen LogP contribution in [0.2, 0.25) is 0 Å². The molecule has 0 saturated carbocycles. The van der Waals surface area contributed by atoms with E-state index in [1.54, 1.807) is 24.5 Å². The molecule has 0 saturated heterocycles. The minimum absolute atomic E-state index is 0. The summed E-state index contributed by atoms with van der Waals surface area (Å²) in [7, 11) is 0. The zero-order valence-electron chi connectivity index (χ0n) is 6.31. The van der Waals surface area contributed by atoms with E-state index in [1.165, 1.54) is 4.73 Å². The van der Waals surface area contributed by atoms with Crippen LogP contribution in [0.4, 0.5) is 0 Å². The van der Waals surface area contributed by atoms with Crippen LogP contribution in [0, 0.1) is 0 Å². The van der Waals surface area contributed by atoms with Crippen LogP contribution in [0.25, 0.3) is 0 Å². The summed E-state index contributed by atoms with van der Waals surface area (Å²) in [6, 6.07) is 5.35. The molecule has 0 radical (unpaired) electrons. The molecule has 1 aromatic heterocycles. The molecule has 12 heavy (non-hydrogen) atoms. The van der Waals surface area contributed by atoms with Gasteiger partial charge >= 0.3 is 5.97 Å². The molecule has 1 aromatic rings. The van der Waals surface area contributed by atoms with Crippen molar-refractivity contribution in [2.45, 2.75) is 0 Å². The van der Waals surface area contributed by atoms with Crippen LogP contribution >= 0.6 is 0 Å². The van der Waals surface area contributed by atoms with Crippen LogP contribution in [0.15, 0.2) is 43.2 Å². The number of hydrogen-bond donors (Lipinski definition) is 0. The number of rotatable bonds is 2. The third-order valence-electron chi connectivity index (χ3n) is 1.05. The van der Waals surface area contributed by atoms with Gasteiger partial charge in [-0.2, -0.15) is 4.84 Å². The first-order valence-electron chi connectivity index (χ1n) is 3.14. The number of carbonyl (C=O) groups is 1. The largest absolute Gasteiger partial charge is 1.00 e. The average molecular weight is 186 g/mol. The third-order valence-corrected chi connectivity index (χ3v) is 1.05. The number of pyridine rings is 1. The lowest BCUT2D eigenvalue weighted by molar-refractivity contribution is -0.868. The lowest BCUT2D eigenvalue weighted by atomic mass is 10.5. The van der Waals surface area contributed by atoms with Crippen molar-refractivity contribution in [3.8, 4) is 0 Å². The SMILES string of the molecule is C=CC(=O)O[n+]1ccccc1.[Cl-]. The first kappa shape index (κ1) is 10.7. The summed E-state index contributed by atoms with van der Waals surface area (Å²) >= 11 is 0. The number of nitrogens with zero attached hydrogens (tertiary/aromatic N) is 1. The molecule has 0 aliphatic carbocycles. The van der Waals surface area contributed by atoms with E-state index in [0.29, 0.717) is 0 Å². The Hall–Kier alpha value is -1.35. The predicted molar refractivity (Wildman–Crippen MR) is 38.4 cm³/mol. The fourth-order valence-corrected chi connectivity index (χ4v) is 0.585. The highest BCUT2D eigenvalue weighted by Crippen LogP contribution is 1.75. The van der Waals surface area contributed by atoms with Crippen molar-refractivity contribution >= 4 is 5.97 Å². The van der Waals surface area contributed by atoms with Crippen LogP contribution < -0.4 is 22.0 Å². The van der Waals surface area contributed by atoms with E-state index < -0.39 is 5.97 Å². The molecular formula is C8H8ClNO2. The molecule has 0 atom stereocenters. The van der Waals surface area contributed by atoms with Crippen molar-refractivity contribution in [2.75, 3.05) is 0 Å². The first-order chi connectivity index (χ1) is 5.33. The maximum Gasteiger partial charge on any atom is 0.403 e. The van der Waals surface area contributed by atoms with Crippen molar-refractivity contribution in [3.63, 3.8) is 0 Å². The zero-order chi connectivity index (χ0) is 8.10. The molecule has 1 heterocycles. The van der Waals surface area contributed by atoms with Crippen molar-refractivity contribution in [1.82, 2.24) is 0 Å². The summed E-state index contributed by atoms with van der Waals surface area (Å²) < 4.78 is 1.31. The van der Waals surface area contributed by atoms with Gasteiger partial charge in [-0.3, -0.25) is 0 Å². The quantitative estimate of drug-likeness (QED) is 0.366. The van der Waals surface area contributed by atoms with Gasteiger partial charge < -0.3 is 12.4 Å². The summed E-state index contributed by atoms with van der Waals surface area (Å²) in [6.07, 6.45) is 4.36. The number of carbonyl (C=O) groups excluding carboxylic acids is 1. The Bertz CT molecular complexity index is 261. The van der Waals surface area contributed by atoms with Crippen molar-refractivity contribution in [1.29, 1.82) is 0 Å². The van der Waals surface area contributed by atoms with E-state index in [9.17, 15) is 4.79 Å². The Morgan fingerprint density at radius 1 is 1.33 bits per heavy atom. The molecule has 3 nitrogen and oxygen atoms in total. The van der Waals surface area contributed by atoms with E-state index in [4.69, 9.17) is 4.84 Å². The summed E-state index contributed by atoms with van der Waals surface area (Å²) in [6.45, 7) is 3.27. The van der Waals surface area contributed by atoms with Crippen LogP contribution in [0.5, 0.6) is 0 Å². The lowest BCUT2D eigenvalue weighted by Crippen LogP contribution is -3.00. The van der Waals surface area contributed by atoms with E-state index in [1.807, 2.05) is 6.07 Å². The summed E-state index contributed by atoms with van der Waals surface area (Å²) in [5, 5.41) is 0. The Morgan fingerprint density at radius 2 is 1.92 bits per heavy atom. The van der Waals surface area contributed by atoms with Gasteiger partial charge in [0.05, 0.1) is 0 Å². The molecule has 0 fully saturated rings. The van der Waals surface area contributed by atoms with Gasteiger partial charge in [-0.1, -0.05) is 12.6 Å². The molecule has 0 bridgehead atoms. The van der Waals surface area contributed by atoms with Crippen molar-refractivity contribution in [2.24, 2.45) is 0 Å². The van der Waals surface area contributed by atoms with Gasteiger partial charge in [0.25, 0.3) is 0 Å². The number of hydrogen-bond acceptors (Lipinski definition) is 2. The van der Waals surface area contributed by atoms with Gasteiger partial charge in [0.2, 0.25) is 12.4 Å². The minimum Gasteiger partial charge on any atom is -1.00 e. The van der Waals surface area contributed by atoms with Gasteiger partial charge in [0.1, 0.15) is 0 Å². The number of aromatic nitrogens is 1. The van der Waals surface area contributed by atoms with Gasteiger partial charge in [-0.05, 0) is 0 Å². The second-order valence-corrected chi connectivity index (χ2v) is 1.85. The van der Waals surface area contributed by atoms with Crippen LogP contribution in [-0.2, 0) is 4.79 Å². The van der Waals surface area contributed by atoms with E-state index in [2.05, 4.69) is 6.58 Å². The fourth-order valence-electron chi connectivity index (χ4n) is 0.585. The molecule has 1 rings (SSSR count). The highest BCUT2D eigenvalue weighted by molar-refractivity contribution is 5.80.